The van der Waals surface area contributed by atoms with E-state index in [4.69, 9.17) is 4.74 Å². The molecule has 0 aromatic heterocycles. The van der Waals surface area contributed by atoms with E-state index in [0.717, 1.165) is 38.0 Å². The van der Waals surface area contributed by atoms with Crippen LogP contribution in [0.2, 0.25) is 0 Å². The summed E-state index contributed by atoms with van der Waals surface area (Å²) in [6.45, 7) is 8.48. The summed E-state index contributed by atoms with van der Waals surface area (Å²) in [6.07, 6.45) is 2.02. The lowest BCUT2D eigenvalue weighted by atomic mass is 9.89. The molecule has 1 N–H and O–H groups in total. The van der Waals surface area contributed by atoms with Gasteiger partial charge in [-0.3, -0.25) is 4.79 Å². The zero-order valence-corrected chi connectivity index (χ0v) is 15.7. The zero-order chi connectivity index (χ0) is 18.4. The van der Waals surface area contributed by atoms with Crippen molar-refractivity contribution < 1.29 is 9.53 Å². The molecule has 1 aliphatic heterocycles. The Bertz CT molecular complexity index is 636. The number of piperidine rings is 1. The summed E-state index contributed by atoms with van der Waals surface area (Å²) in [5.41, 5.74) is 1.64. The number of methoxy groups -OCH3 is 1. The van der Waals surface area contributed by atoms with Crippen LogP contribution >= 0.6 is 0 Å². The van der Waals surface area contributed by atoms with Gasteiger partial charge in [0.25, 0.3) is 0 Å². The molecule has 2 atom stereocenters. The van der Waals surface area contributed by atoms with Crippen molar-refractivity contribution in [2.24, 2.45) is 11.8 Å². The second kappa shape index (κ2) is 8.87. The summed E-state index contributed by atoms with van der Waals surface area (Å²) < 4.78 is 5.19. The van der Waals surface area contributed by atoms with Gasteiger partial charge in [0.15, 0.2) is 0 Å². The van der Waals surface area contributed by atoms with Crippen molar-refractivity contribution in [1.29, 1.82) is 5.26 Å². The highest BCUT2D eigenvalue weighted by Gasteiger charge is 2.30. The number of carbonyl (C=O) groups excluding carboxylic acids is 1. The van der Waals surface area contributed by atoms with Gasteiger partial charge in [-0.15, -0.1) is 0 Å². The van der Waals surface area contributed by atoms with E-state index in [0.29, 0.717) is 23.3 Å². The monoisotopic (exact) mass is 343 g/mol. The Hall–Kier alpha value is -2.06. The molecule has 1 amide bonds. The fourth-order valence-corrected chi connectivity index (χ4v) is 3.48. The van der Waals surface area contributed by atoms with Gasteiger partial charge >= 0.3 is 0 Å². The molecular weight excluding hydrogens is 314 g/mol. The Morgan fingerprint density at radius 3 is 2.84 bits per heavy atom. The fraction of sp³-hybridized carbons (Fsp3) is 0.600. The van der Waals surface area contributed by atoms with Crippen molar-refractivity contribution in [3.8, 4) is 11.8 Å². The number of carbonyl (C=O) groups is 1. The smallest absolute Gasteiger partial charge is 0.225 e. The second-order valence-corrected chi connectivity index (χ2v) is 7.03. The predicted octanol–water partition coefficient (Wildman–Crippen LogP) is 2.94. The first kappa shape index (κ1) is 19.3. The highest BCUT2D eigenvalue weighted by atomic mass is 16.5. The Morgan fingerprint density at radius 2 is 2.24 bits per heavy atom. The molecule has 1 aliphatic rings. The molecular formula is C20H29N3O2. The molecule has 1 aromatic rings. The Kier molecular flexibility index (Phi) is 6.83. The molecule has 5 heteroatoms. The summed E-state index contributed by atoms with van der Waals surface area (Å²) in [5, 5.41) is 12.8. The highest BCUT2D eigenvalue weighted by molar-refractivity contribution is 5.78. The molecule has 2 rings (SSSR count). The van der Waals surface area contributed by atoms with E-state index in [9.17, 15) is 10.1 Å². The highest BCUT2D eigenvalue weighted by Crippen LogP contribution is 2.23. The minimum atomic E-state index is 0.0608. The third-order valence-electron chi connectivity index (χ3n) is 5.02. The number of nitrogens with one attached hydrogen (secondary N) is 1. The number of nitriles is 1. The summed E-state index contributed by atoms with van der Waals surface area (Å²) >= 11 is 0. The van der Waals surface area contributed by atoms with Crippen LogP contribution in [0.25, 0.3) is 0 Å². The average Bonchev–Trinajstić information content (AvgIpc) is 2.65. The van der Waals surface area contributed by atoms with Crippen LogP contribution in [-0.4, -0.2) is 37.0 Å². The minimum absolute atomic E-state index is 0.0608. The van der Waals surface area contributed by atoms with E-state index < -0.39 is 0 Å². The summed E-state index contributed by atoms with van der Waals surface area (Å²) in [7, 11) is 1.58. The first-order valence-electron chi connectivity index (χ1n) is 9.09. The third-order valence-corrected chi connectivity index (χ3v) is 5.02. The van der Waals surface area contributed by atoms with Gasteiger partial charge in [-0.1, -0.05) is 33.3 Å². The number of rotatable bonds is 6. The average molecular weight is 343 g/mol. The van der Waals surface area contributed by atoms with Gasteiger partial charge in [0.2, 0.25) is 5.91 Å². The molecule has 136 valence electrons. The third kappa shape index (κ3) is 4.73. The number of ether oxygens (including phenoxy) is 1. The van der Waals surface area contributed by atoms with Crippen LogP contribution in [0, 0.1) is 23.2 Å². The summed E-state index contributed by atoms with van der Waals surface area (Å²) in [6, 6.07) is 8.29. The van der Waals surface area contributed by atoms with Crippen molar-refractivity contribution in [3.63, 3.8) is 0 Å². The molecule has 1 fully saturated rings. The Morgan fingerprint density at radius 1 is 1.48 bits per heavy atom. The Balaban J connectivity index is 1.97. The van der Waals surface area contributed by atoms with E-state index in [2.05, 4.69) is 18.3 Å². The van der Waals surface area contributed by atoms with Crippen molar-refractivity contribution in [1.82, 2.24) is 10.2 Å². The van der Waals surface area contributed by atoms with Crippen molar-refractivity contribution in [3.05, 3.63) is 29.3 Å². The van der Waals surface area contributed by atoms with Crippen LogP contribution < -0.4 is 10.1 Å². The molecule has 5 nitrogen and oxygen atoms in total. The number of hydrogen-bond acceptors (Lipinski definition) is 4. The van der Waals surface area contributed by atoms with Crippen LogP contribution in [-0.2, 0) is 11.3 Å². The lowest BCUT2D eigenvalue weighted by Gasteiger charge is -2.39. The number of likely N-dealkylation sites (tertiary alicyclic amines) is 1. The maximum absolute atomic E-state index is 12.2. The van der Waals surface area contributed by atoms with Gasteiger partial charge in [0, 0.05) is 31.6 Å². The molecule has 0 spiro atoms. The van der Waals surface area contributed by atoms with Gasteiger partial charge in [-0.25, -0.2) is 0 Å². The number of hydrogen-bond donors (Lipinski definition) is 1. The van der Waals surface area contributed by atoms with Crippen molar-refractivity contribution in [2.75, 3.05) is 20.2 Å². The fourth-order valence-electron chi connectivity index (χ4n) is 3.48. The molecule has 0 unspecified atom stereocenters. The summed E-state index contributed by atoms with van der Waals surface area (Å²) in [4.78, 5) is 14.3. The topological polar surface area (TPSA) is 65.4 Å². The minimum Gasteiger partial charge on any atom is -0.495 e. The van der Waals surface area contributed by atoms with Gasteiger partial charge < -0.3 is 15.0 Å². The lowest BCUT2D eigenvalue weighted by molar-refractivity contribution is -0.136. The zero-order valence-electron chi connectivity index (χ0n) is 15.7. The van der Waals surface area contributed by atoms with E-state index in [1.54, 1.807) is 7.11 Å². The maximum Gasteiger partial charge on any atom is 0.225 e. The number of nitrogens with zero attached hydrogens (tertiary/aromatic N) is 2. The normalized spacial score (nSPS) is 20.4. The molecule has 1 heterocycles. The molecule has 0 radical (unpaired) electrons. The van der Waals surface area contributed by atoms with E-state index in [-0.39, 0.29) is 11.8 Å². The summed E-state index contributed by atoms with van der Waals surface area (Å²) in [5.74, 6) is 1.39. The van der Waals surface area contributed by atoms with Crippen LogP contribution in [0.15, 0.2) is 18.2 Å². The van der Waals surface area contributed by atoms with Gasteiger partial charge in [-0.2, -0.15) is 5.26 Å². The molecule has 1 aromatic carbocycles. The molecule has 1 saturated heterocycles. The van der Waals surface area contributed by atoms with Crippen LogP contribution in [0.5, 0.6) is 5.75 Å². The molecule has 25 heavy (non-hydrogen) atoms. The van der Waals surface area contributed by atoms with Crippen LogP contribution in [0.1, 0.15) is 44.7 Å². The number of benzene rings is 1. The van der Waals surface area contributed by atoms with Crippen LogP contribution in [0.4, 0.5) is 0 Å². The number of amides is 1. The second-order valence-electron chi connectivity index (χ2n) is 7.03. The van der Waals surface area contributed by atoms with Crippen molar-refractivity contribution in [2.45, 2.75) is 46.2 Å². The Labute approximate surface area is 151 Å². The van der Waals surface area contributed by atoms with Gasteiger partial charge in [0.05, 0.1) is 12.7 Å². The quantitative estimate of drug-likeness (QED) is 0.862. The van der Waals surface area contributed by atoms with E-state index in [1.807, 2.05) is 36.9 Å². The first-order chi connectivity index (χ1) is 12.0. The molecule has 0 aliphatic carbocycles. The molecule has 0 saturated carbocycles. The van der Waals surface area contributed by atoms with Crippen molar-refractivity contribution >= 4 is 5.91 Å². The largest absolute Gasteiger partial charge is 0.495 e. The molecule has 0 bridgehead atoms. The standard InChI is InChI=1S/C20H29N3O2/c1-5-16-13-23(20(24)14(2)3)9-8-18(16)22-12-15-6-7-19(25-4)17(10-15)11-21/h6-7,10,14,16,18,22H,5,8-9,12-13H2,1-4H3/t16-,18-/m1/s1. The lowest BCUT2D eigenvalue weighted by Crippen LogP contribution is -2.51. The SMILES string of the molecule is CC[C@@H]1CN(C(=O)C(C)C)CC[C@H]1NCc1ccc(OC)c(C#N)c1. The van der Waals surface area contributed by atoms with Crippen LogP contribution in [0.3, 0.4) is 0 Å². The van der Waals surface area contributed by atoms with E-state index >= 15 is 0 Å². The van der Waals surface area contributed by atoms with E-state index in [1.165, 1.54) is 0 Å². The maximum atomic E-state index is 12.2. The van der Waals surface area contributed by atoms with Gasteiger partial charge in [0.1, 0.15) is 11.8 Å². The first-order valence-corrected chi connectivity index (χ1v) is 9.09. The van der Waals surface area contributed by atoms with Gasteiger partial charge in [-0.05, 0) is 30.0 Å². The predicted molar refractivity (Wildman–Crippen MR) is 98.2 cm³/mol.